The van der Waals surface area contributed by atoms with E-state index < -0.39 is 21.5 Å². The van der Waals surface area contributed by atoms with Crippen molar-refractivity contribution in [1.29, 1.82) is 0 Å². The van der Waals surface area contributed by atoms with Gasteiger partial charge in [-0.25, -0.2) is 13.1 Å². The first-order chi connectivity index (χ1) is 38.1. The Labute approximate surface area is 426 Å². The van der Waals surface area contributed by atoms with E-state index in [1.807, 2.05) is 24.3 Å². The van der Waals surface area contributed by atoms with Crippen LogP contribution < -0.4 is 4.72 Å². The molecule has 77 heavy (non-hydrogen) atoms. The van der Waals surface area contributed by atoms with E-state index >= 15 is 8.42 Å². The summed E-state index contributed by atoms with van der Waals surface area (Å²) in [5.41, 5.74) is 7.33. The highest BCUT2D eigenvalue weighted by atomic mass is 32.2. The molecule has 1 aromatic heterocycles. The van der Waals surface area contributed by atoms with Crippen LogP contribution in [0.3, 0.4) is 0 Å². The second-order valence-corrected chi connectivity index (χ2v) is 29.5. The summed E-state index contributed by atoms with van der Waals surface area (Å²) in [4.78, 5) is 0.340. The molecule has 29 aromatic carbocycles. The van der Waals surface area contributed by atoms with Gasteiger partial charge in [-0.2, -0.15) is 11.3 Å². The SMILES string of the molecule is Cc1ccc(S(=O)(=O)NC(c2ccsc2)C23c4c5c6c7c8c9c(c%10c%11c2c2c4c4c%12c5c5c6c6c8c8c%13c9c9c%10c%10c%11c%11c2c2c4c4c%12c%12c5c5c6c8c6c8c%13c9c9c%10c%10c%11c2c2c4c4c%12c5c6c5c8c9c%10c2c45)C73)cc1. The summed E-state index contributed by atoms with van der Waals surface area (Å²) in [6, 6.07) is 9.32. The third-order valence-electron chi connectivity index (χ3n) is 26.1. The molecule has 0 fully saturated rings. The maximum Gasteiger partial charge on any atom is 0.241 e. The molecule has 0 radical (unpaired) electrons. The van der Waals surface area contributed by atoms with Gasteiger partial charge in [0.05, 0.1) is 16.4 Å². The predicted octanol–water partition coefficient (Wildman–Crippen LogP) is 19.2. The predicted molar refractivity (Wildman–Crippen MR) is 323 cm³/mol. The van der Waals surface area contributed by atoms with E-state index in [0.29, 0.717) is 4.90 Å². The zero-order valence-electron chi connectivity index (χ0n) is 39.3. The normalized spacial score (nSPS) is 20.6. The number of nitrogens with one attached hydrogen (secondary N) is 1. The quantitative estimate of drug-likeness (QED) is 0.175. The smallest absolute Gasteiger partial charge is 0.207 e. The minimum Gasteiger partial charge on any atom is -0.207 e. The Kier molecular flexibility index (Phi) is 2.91. The van der Waals surface area contributed by atoms with E-state index in [4.69, 9.17) is 0 Å². The molecule has 0 amide bonds. The Bertz CT molecular complexity index is 7720. The number of hydrogen-bond donors (Lipinski definition) is 1. The van der Waals surface area contributed by atoms with Crippen molar-refractivity contribution >= 4 is 312 Å². The Morgan fingerprint density at radius 2 is 0.597 bits per heavy atom. The monoisotopic (exact) mass is 987 g/mol. The topological polar surface area (TPSA) is 46.2 Å². The van der Waals surface area contributed by atoms with Crippen molar-refractivity contribution in [1.82, 2.24) is 4.72 Å². The Morgan fingerprint density at radius 3 is 0.870 bits per heavy atom. The van der Waals surface area contributed by atoms with Gasteiger partial charge in [-0.05, 0) is 355 Å². The Morgan fingerprint density at radius 1 is 0.351 bits per heavy atom. The average molecular weight is 988 g/mol. The minimum atomic E-state index is -4.08. The molecule has 0 bridgehead atoms. The van der Waals surface area contributed by atoms with Crippen LogP contribution in [0.4, 0.5) is 0 Å². The van der Waals surface area contributed by atoms with E-state index in [2.05, 4.69) is 28.5 Å². The van der Waals surface area contributed by atoms with Crippen LogP contribution in [-0.4, -0.2) is 8.42 Å². The summed E-state index contributed by atoms with van der Waals surface area (Å²) in [7, 11) is -4.08. The largest absolute Gasteiger partial charge is 0.241 e. The van der Waals surface area contributed by atoms with Crippen LogP contribution in [0.2, 0.25) is 0 Å². The Balaban J connectivity index is 1.06. The molecule has 0 saturated heterocycles. The first-order valence-corrected chi connectivity index (χ1v) is 30.4. The summed E-state index contributed by atoms with van der Waals surface area (Å²) >= 11 is 1.72. The van der Waals surface area contributed by atoms with Crippen LogP contribution in [0.25, 0.3) is 291 Å². The average Bonchev–Trinajstić information content (AvgIpc) is 1.52. The lowest BCUT2D eigenvalue weighted by molar-refractivity contribution is 0.364. The summed E-state index contributed by atoms with van der Waals surface area (Å²) in [6.07, 6.45) is 0. The van der Waals surface area contributed by atoms with Gasteiger partial charge in [0.2, 0.25) is 10.0 Å². The summed E-state index contributed by atoms with van der Waals surface area (Å²) in [5, 5.41) is 88.4. The van der Waals surface area contributed by atoms with Crippen LogP contribution in [0.15, 0.2) is 46.0 Å². The molecular weight excluding hydrogens is 975 g/mol. The number of sulfonamides is 1. The highest BCUT2D eigenvalue weighted by Crippen LogP contribution is 2.84. The second-order valence-electron chi connectivity index (χ2n) is 27.1. The zero-order chi connectivity index (χ0) is 46.7. The lowest BCUT2D eigenvalue weighted by Crippen LogP contribution is -2.49. The third kappa shape index (κ3) is 1.84. The molecule has 1 unspecified atom stereocenters. The van der Waals surface area contributed by atoms with E-state index in [1.165, 1.54) is 119 Å². The van der Waals surface area contributed by atoms with E-state index in [0.717, 1.165) is 11.1 Å². The molecule has 34 rings (SSSR count). The molecule has 3 nitrogen and oxygen atoms in total. The van der Waals surface area contributed by atoms with Crippen molar-refractivity contribution in [3.05, 3.63) is 74.5 Å². The van der Waals surface area contributed by atoms with E-state index in [-0.39, 0.29) is 5.92 Å². The maximum absolute atomic E-state index is 16.0. The first-order valence-electron chi connectivity index (χ1n) is 27.9. The van der Waals surface area contributed by atoms with Crippen molar-refractivity contribution in [3.63, 3.8) is 0 Å². The summed E-state index contributed by atoms with van der Waals surface area (Å²) in [6.45, 7) is 2.05. The summed E-state index contributed by atoms with van der Waals surface area (Å²) in [5.74, 6) is -0.0984. The lowest BCUT2D eigenvalue weighted by atomic mass is 9.53. The van der Waals surface area contributed by atoms with Gasteiger partial charge in [0, 0.05) is 5.92 Å². The van der Waals surface area contributed by atoms with Crippen LogP contribution in [0.5, 0.6) is 0 Å². The molecule has 4 aliphatic carbocycles. The van der Waals surface area contributed by atoms with Crippen LogP contribution >= 0.6 is 11.3 Å². The highest BCUT2D eigenvalue weighted by Gasteiger charge is 2.66. The Hall–Kier alpha value is -8.71. The van der Waals surface area contributed by atoms with Crippen molar-refractivity contribution in [2.75, 3.05) is 0 Å². The molecule has 0 aliphatic heterocycles. The van der Waals surface area contributed by atoms with Gasteiger partial charge in [-0.15, -0.1) is 0 Å². The van der Waals surface area contributed by atoms with E-state index in [1.54, 1.807) is 205 Å². The molecule has 0 spiro atoms. The number of hydrogen-bond acceptors (Lipinski definition) is 3. The van der Waals surface area contributed by atoms with Crippen molar-refractivity contribution in [2.45, 2.75) is 29.2 Å². The minimum absolute atomic E-state index is 0.0984. The molecule has 4 aliphatic rings. The van der Waals surface area contributed by atoms with E-state index in [9.17, 15) is 0 Å². The fourth-order valence-electron chi connectivity index (χ4n) is 25.5. The number of aryl methyl sites for hydroxylation is 1. The molecule has 1 N–H and O–H groups in total. The van der Waals surface area contributed by atoms with Crippen LogP contribution in [0.1, 0.15) is 45.3 Å². The van der Waals surface area contributed by atoms with Crippen molar-refractivity contribution in [3.8, 4) is 0 Å². The van der Waals surface area contributed by atoms with Crippen molar-refractivity contribution < 1.29 is 8.42 Å². The number of rotatable bonds is 5. The zero-order valence-corrected chi connectivity index (χ0v) is 41.0. The standard InChI is InChI=1S/C72H13NO2S2/c1-9-2-4-11(5-3-9)77(74,75)73-71(10-6-7-76-8-10)72-68-64-58-44-36-28-16-13-12-14-17(16)29-31-27-21(14)23-19-15(12)18-22-20(13)26-30(28)42(44)50-48-34(26)32(22)40-38-24(18)25(19)39-41-33(23)35(27)49-51-43(31)45(37(29)36)59(58)65(68)61(51)63-55(49)53(41)57-47(39)46(38)56-52(40)54(48)62(60(50)64)69(72)66(56)67(57)70(63)72/h2-8,68,71,73H,1H3. The van der Waals surface area contributed by atoms with Gasteiger partial charge >= 0.3 is 0 Å². The molecule has 5 heteroatoms. The van der Waals surface area contributed by atoms with Gasteiger partial charge in [0.1, 0.15) is 0 Å². The van der Waals surface area contributed by atoms with Crippen LogP contribution in [0, 0.1) is 6.92 Å². The lowest BCUT2D eigenvalue weighted by Gasteiger charge is -2.50. The maximum atomic E-state index is 16.0. The third-order valence-corrected chi connectivity index (χ3v) is 28.3. The summed E-state index contributed by atoms with van der Waals surface area (Å²) < 4.78 is 35.8. The van der Waals surface area contributed by atoms with Gasteiger partial charge < -0.3 is 0 Å². The first kappa shape index (κ1) is 30.7. The van der Waals surface area contributed by atoms with Gasteiger partial charge in [0.15, 0.2) is 0 Å². The van der Waals surface area contributed by atoms with Crippen molar-refractivity contribution in [2.24, 2.45) is 0 Å². The van der Waals surface area contributed by atoms with Crippen LogP contribution in [-0.2, 0) is 15.4 Å². The highest BCUT2D eigenvalue weighted by molar-refractivity contribution is 7.89. The molecule has 330 valence electrons. The molecule has 1 heterocycles. The number of thiophene rings is 1. The van der Waals surface area contributed by atoms with Gasteiger partial charge in [-0.1, -0.05) is 17.7 Å². The fourth-order valence-corrected chi connectivity index (χ4v) is 27.5. The fraction of sp³-hybridized carbons (Fsp3) is 0.0556. The van der Waals surface area contributed by atoms with Gasteiger partial charge in [0.25, 0.3) is 0 Å². The van der Waals surface area contributed by atoms with Gasteiger partial charge in [-0.3, -0.25) is 0 Å². The second kappa shape index (κ2) is 7.30. The number of benzene rings is 19. The molecule has 30 aromatic rings. The molecular formula is C72H13NO2S2. The molecule has 0 saturated carbocycles. The molecule has 1 atom stereocenters.